The SMILES string of the molecule is O=C(COc1ncccn1)NCCN1CCOCC1. The van der Waals surface area contributed by atoms with Crippen LogP contribution in [0.15, 0.2) is 18.5 Å². The molecule has 0 unspecified atom stereocenters. The van der Waals surface area contributed by atoms with E-state index >= 15 is 0 Å². The fourth-order valence-corrected chi connectivity index (χ4v) is 1.72. The Morgan fingerprint density at radius 1 is 1.37 bits per heavy atom. The van der Waals surface area contributed by atoms with Crippen molar-refractivity contribution >= 4 is 5.91 Å². The standard InChI is InChI=1S/C12H18N4O3/c17-11(10-19-12-14-2-1-3-15-12)13-4-5-16-6-8-18-9-7-16/h1-3H,4-10H2,(H,13,17). The summed E-state index contributed by atoms with van der Waals surface area (Å²) in [7, 11) is 0. The van der Waals surface area contributed by atoms with Gasteiger partial charge in [-0.3, -0.25) is 9.69 Å². The Hall–Kier alpha value is -1.73. The van der Waals surface area contributed by atoms with Crippen LogP contribution in [-0.4, -0.2) is 66.8 Å². The maximum atomic E-state index is 11.5. The van der Waals surface area contributed by atoms with E-state index in [4.69, 9.17) is 9.47 Å². The molecule has 0 spiro atoms. The van der Waals surface area contributed by atoms with Gasteiger partial charge in [-0.15, -0.1) is 0 Å². The molecule has 0 aliphatic carbocycles. The number of ether oxygens (including phenoxy) is 2. The second-order valence-corrected chi connectivity index (χ2v) is 4.12. The highest BCUT2D eigenvalue weighted by molar-refractivity contribution is 5.77. The number of carbonyl (C=O) groups is 1. The lowest BCUT2D eigenvalue weighted by Crippen LogP contribution is -2.42. The van der Waals surface area contributed by atoms with Crippen LogP contribution in [0, 0.1) is 0 Å². The van der Waals surface area contributed by atoms with E-state index in [1.54, 1.807) is 18.5 Å². The molecular weight excluding hydrogens is 248 g/mol. The first-order chi connectivity index (χ1) is 9.34. The first-order valence-corrected chi connectivity index (χ1v) is 6.31. The van der Waals surface area contributed by atoms with Crippen molar-refractivity contribution in [2.45, 2.75) is 0 Å². The molecular formula is C12H18N4O3. The Labute approximate surface area is 111 Å². The lowest BCUT2D eigenvalue weighted by molar-refractivity contribution is -0.123. The molecule has 1 aliphatic rings. The van der Waals surface area contributed by atoms with E-state index in [9.17, 15) is 4.79 Å². The van der Waals surface area contributed by atoms with Gasteiger partial charge in [-0.05, 0) is 6.07 Å². The summed E-state index contributed by atoms with van der Waals surface area (Å²) in [6.45, 7) is 4.75. The number of nitrogens with one attached hydrogen (secondary N) is 1. The zero-order valence-corrected chi connectivity index (χ0v) is 10.7. The van der Waals surface area contributed by atoms with Crippen LogP contribution in [-0.2, 0) is 9.53 Å². The van der Waals surface area contributed by atoms with E-state index in [1.807, 2.05) is 0 Å². The van der Waals surface area contributed by atoms with E-state index in [0.717, 1.165) is 32.8 Å². The number of amides is 1. The Kier molecular flexibility index (Phi) is 5.51. The molecule has 0 aromatic carbocycles. The van der Waals surface area contributed by atoms with Crippen molar-refractivity contribution in [1.29, 1.82) is 0 Å². The van der Waals surface area contributed by atoms with E-state index in [0.29, 0.717) is 6.54 Å². The van der Waals surface area contributed by atoms with Gasteiger partial charge in [0.1, 0.15) is 0 Å². The summed E-state index contributed by atoms with van der Waals surface area (Å²) in [5.41, 5.74) is 0. The molecule has 1 amide bonds. The average molecular weight is 266 g/mol. The van der Waals surface area contributed by atoms with Gasteiger partial charge in [0.25, 0.3) is 5.91 Å². The Balaban J connectivity index is 1.57. The Morgan fingerprint density at radius 2 is 2.11 bits per heavy atom. The lowest BCUT2D eigenvalue weighted by atomic mass is 10.4. The summed E-state index contributed by atoms with van der Waals surface area (Å²) in [5.74, 6) is -0.166. The molecule has 1 N–H and O–H groups in total. The van der Waals surface area contributed by atoms with Crippen molar-refractivity contribution in [2.24, 2.45) is 0 Å². The Bertz CT molecular complexity index is 382. The van der Waals surface area contributed by atoms with Crippen LogP contribution >= 0.6 is 0 Å². The second kappa shape index (κ2) is 7.65. The predicted octanol–water partition coefficient (Wildman–Crippen LogP) is -0.696. The summed E-state index contributed by atoms with van der Waals surface area (Å²) < 4.78 is 10.4. The highest BCUT2D eigenvalue weighted by Crippen LogP contribution is 1.97. The first kappa shape index (κ1) is 13.7. The van der Waals surface area contributed by atoms with Crippen LogP contribution in [0.25, 0.3) is 0 Å². The fourth-order valence-electron chi connectivity index (χ4n) is 1.72. The van der Waals surface area contributed by atoms with E-state index in [1.165, 1.54) is 0 Å². The fraction of sp³-hybridized carbons (Fsp3) is 0.583. The minimum absolute atomic E-state index is 0.0624. The van der Waals surface area contributed by atoms with Gasteiger partial charge in [0, 0.05) is 38.6 Å². The summed E-state index contributed by atoms with van der Waals surface area (Å²) in [4.78, 5) is 21.5. The second-order valence-electron chi connectivity index (χ2n) is 4.12. The van der Waals surface area contributed by atoms with Crippen molar-refractivity contribution in [3.05, 3.63) is 18.5 Å². The highest BCUT2D eigenvalue weighted by Gasteiger charge is 2.10. The van der Waals surface area contributed by atoms with Crippen molar-refractivity contribution in [3.63, 3.8) is 0 Å². The maximum Gasteiger partial charge on any atom is 0.316 e. The van der Waals surface area contributed by atoms with Crippen molar-refractivity contribution < 1.29 is 14.3 Å². The van der Waals surface area contributed by atoms with Crippen molar-refractivity contribution in [1.82, 2.24) is 20.2 Å². The van der Waals surface area contributed by atoms with Crippen LogP contribution in [0.4, 0.5) is 0 Å². The topological polar surface area (TPSA) is 76.6 Å². The molecule has 1 fully saturated rings. The zero-order chi connectivity index (χ0) is 13.3. The van der Waals surface area contributed by atoms with Gasteiger partial charge in [0.15, 0.2) is 6.61 Å². The van der Waals surface area contributed by atoms with Gasteiger partial charge in [0.05, 0.1) is 13.2 Å². The van der Waals surface area contributed by atoms with Crippen molar-refractivity contribution in [2.75, 3.05) is 46.0 Å². The summed E-state index contributed by atoms with van der Waals surface area (Å²) in [6.07, 6.45) is 3.14. The quantitative estimate of drug-likeness (QED) is 0.734. The zero-order valence-electron chi connectivity index (χ0n) is 10.7. The van der Waals surface area contributed by atoms with Gasteiger partial charge >= 0.3 is 6.01 Å². The smallest absolute Gasteiger partial charge is 0.316 e. The molecule has 7 heteroatoms. The molecule has 1 aromatic rings. The molecule has 0 atom stereocenters. The summed E-state index contributed by atoms with van der Waals surface area (Å²) >= 11 is 0. The monoisotopic (exact) mass is 266 g/mol. The largest absolute Gasteiger partial charge is 0.453 e. The molecule has 1 aromatic heterocycles. The molecule has 19 heavy (non-hydrogen) atoms. The number of hydrogen-bond donors (Lipinski definition) is 1. The number of carbonyl (C=O) groups excluding carboxylic acids is 1. The molecule has 2 heterocycles. The van der Waals surface area contributed by atoms with E-state index in [2.05, 4.69) is 20.2 Å². The van der Waals surface area contributed by atoms with Gasteiger partial charge in [-0.25, -0.2) is 9.97 Å². The maximum absolute atomic E-state index is 11.5. The molecule has 1 saturated heterocycles. The third-order valence-corrected chi connectivity index (χ3v) is 2.73. The number of hydrogen-bond acceptors (Lipinski definition) is 6. The van der Waals surface area contributed by atoms with Crippen molar-refractivity contribution in [3.8, 4) is 6.01 Å². The molecule has 7 nitrogen and oxygen atoms in total. The average Bonchev–Trinajstić information content (AvgIpc) is 2.47. The highest BCUT2D eigenvalue weighted by atomic mass is 16.5. The minimum Gasteiger partial charge on any atom is -0.453 e. The van der Waals surface area contributed by atoms with Gasteiger partial charge in [0.2, 0.25) is 0 Å². The van der Waals surface area contributed by atoms with E-state index < -0.39 is 0 Å². The van der Waals surface area contributed by atoms with Crippen LogP contribution < -0.4 is 10.1 Å². The summed E-state index contributed by atoms with van der Waals surface area (Å²) in [5, 5.41) is 2.80. The number of nitrogens with zero attached hydrogens (tertiary/aromatic N) is 3. The van der Waals surface area contributed by atoms with E-state index in [-0.39, 0.29) is 18.5 Å². The number of aromatic nitrogens is 2. The Morgan fingerprint density at radius 3 is 2.84 bits per heavy atom. The lowest BCUT2D eigenvalue weighted by Gasteiger charge is -2.26. The third kappa shape index (κ3) is 5.19. The normalized spacial score (nSPS) is 16.0. The number of rotatable bonds is 6. The molecule has 0 bridgehead atoms. The predicted molar refractivity (Wildman–Crippen MR) is 67.8 cm³/mol. The summed E-state index contributed by atoms with van der Waals surface area (Å²) in [6, 6.07) is 1.90. The van der Waals surface area contributed by atoms with Crippen LogP contribution in [0.5, 0.6) is 6.01 Å². The van der Waals surface area contributed by atoms with Gasteiger partial charge in [-0.2, -0.15) is 0 Å². The van der Waals surface area contributed by atoms with Crippen LogP contribution in [0.3, 0.4) is 0 Å². The molecule has 0 saturated carbocycles. The molecule has 0 radical (unpaired) electrons. The van der Waals surface area contributed by atoms with Crippen LogP contribution in [0.1, 0.15) is 0 Å². The van der Waals surface area contributed by atoms with Gasteiger partial charge < -0.3 is 14.8 Å². The van der Waals surface area contributed by atoms with Gasteiger partial charge in [-0.1, -0.05) is 0 Å². The number of morpholine rings is 1. The molecule has 2 rings (SSSR count). The minimum atomic E-state index is -0.166. The van der Waals surface area contributed by atoms with Crippen LogP contribution in [0.2, 0.25) is 0 Å². The molecule has 104 valence electrons. The third-order valence-electron chi connectivity index (χ3n) is 2.73. The first-order valence-electron chi connectivity index (χ1n) is 6.31. The molecule has 1 aliphatic heterocycles.